The molecule has 5 heteroatoms. The number of aliphatic hydroxyl groups is 1. The second kappa shape index (κ2) is 8.39. The number of piperidine rings is 1. The van der Waals surface area contributed by atoms with Gasteiger partial charge in [0.05, 0.1) is 6.10 Å². The number of para-hydroxylation sites is 1. The molecule has 1 spiro atoms. The monoisotopic (exact) mass is 392 g/mol. The molecule has 0 aliphatic carbocycles. The predicted molar refractivity (Wildman–Crippen MR) is 115 cm³/mol. The minimum atomic E-state index is -0.552. The molecule has 2 aliphatic rings. The summed E-state index contributed by atoms with van der Waals surface area (Å²) in [5, 5.41) is 13.5. The van der Waals surface area contributed by atoms with Crippen molar-refractivity contribution in [2.24, 2.45) is 0 Å². The first-order valence-electron chi connectivity index (χ1n) is 10.3. The molecule has 0 radical (unpaired) electrons. The molecular formula is C24H28N2O3. The van der Waals surface area contributed by atoms with Crippen molar-refractivity contribution in [1.82, 2.24) is 4.90 Å². The van der Waals surface area contributed by atoms with E-state index in [1.165, 1.54) is 0 Å². The van der Waals surface area contributed by atoms with Gasteiger partial charge in [-0.1, -0.05) is 43.3 Å². The van der Waals surface area contributed by atoms with Crippen molar-refractivity contribution in [2.45, 2.75) is 37.9 Å². The van der Waals surface area contributed by atoms with Gasteiger partial charge in [0.15, 0.2) is 0 Å². The lowest BCUT2D eigenvalue weighted by Gasteiger charge is -2.42. The second-order valence-electron chi connectivity index (χ2n) is 7.88. The van der Waals surface area contributed by atoms with Crippen molar-refractivity contribution in [3.05, 3.63) is 65.7 Å². The average Bonchev–Trinajstić information content (AvgIpc) is 2.76. The maximum absolute atomic E-state index is 11.5. The van der Waals surface area contributed by atoms with Crippen LogP contribution in [-0.4, -0.2) is 41.1 Å². The molecule has 152 valence electrons. The molecule has 1 amide bonds. The van der Waals surface area contributed by atoms with Crippen LogP contribution in [0, 0.1) is 0 Å². The van der Waals surface area contributed by atoms with E-state index in [1.807, 2.05) is 49.4 Å². The number of hydrogen-bond acceptors (Lipinski definition) is 4. The Bertz CT molecular complexity index is 883. The van der Waals surface area contributed by atoms with Crippen LogP contribution < -0.4 is 10.1 Å². The van der Waals surface area contributed by atoms with Crippen LogP contribution in [0.4, 0.5) is 5.69 Å². The fraction of sp³-hybridized carbons (Fsp3) is 0.375. The molecule has 5 nitrogen and oxygen atoms in total. The Balaban J connectivity index is 1.31. The number of carbonyl (C=O) groups excluding carboxylic acids is 1. The van der Waals surface area contributed by atoms with Crippen molar-refractivity contribution in [3.63, 3.8) is 0 Å². The molecule has 0 saturated carbocycles. The number of fused-ring (bicyclic) bond motifs is 1. The fourth-order valence-electron chi connectivity index (χ4n) is 3.98. The van der Waals surface area contributed by atoms with Gasteiger partial charge >= 0.3 is 0 Å². The summed E-state index contributed by atoms with van der Waals surface area (Å²) in [5.74, 6) is 0.945. The predicted octanol–water partition coefficient (Wildman–Crippen LogP) is 4.01. The molecule has 2 aromatic carbocycles. The van der Waals surface area contributed by atoms with E-state index in [0.717, 1.165) is 48.5 Å². The summed E-state index contributed by atoms with van der Waals surface area (Å²) in [7, 11) is 0. The van der Waals surface area contributed by atoms with E-state index in [1.54, 1.807) is 0 Å². The number of nitrogens with zero attached hydrogens (tertiary/aromatic N) is 1. The lowest BCUT2D eigenvalue weighted by Crippen LogP contribution is -2.48. The lowest BCUT2D eigenvalue weighted by atomic mass is 9.88. The zero-order chi connectivity index (χ0) is 20.3. The molecule has 1 atom stereocenters. The number of carbonyl (C=O) groups is 1. The van der Waals surface area contributed by atoms with Crippen LogP contribution >= 0.6 is 0 Å². The van der Waals surface area contributed by atoms with E-state index in [4.69, 9.17) is 4.74 Å². The Kier molecular flexibility index (Phi) is 5.69. The summed E-state index contributed by atoms with van der Waals surface area (Å²) in [6.07, 6.45) is 6.09. The number of hydrogen-bond donors (Lipinski definition) is 2. The molecule has 2 aromatic rings. The third-order valence-corrected chi connectivity index (χ3v) is 5.83. The van der Waals surface area contributed by atoms with E-state index in [2.05, 4.69) is 28.4 Å². The molecule has 1 unspecified atom stereocenters. The molecular weight excluding hydrogens is 364 g/mol. The van der Waals surface area contributed by atoms with E-state index in [-0.39, 0.29) is 11.5 Å². The minimum Gasteiger partial charge on any atom is -0.482 e. The number of amides is 1. The van der Waals surface area contributed by atoms with Gasteiger partial charge in [-0.05, 0) is 29.8 Å². The van der Waals surface area contributed by atoms with Gasteiger partial charge in [0, 0.05) is 50.1 Å². The molecule has 29 heavy (non-hydrogen) atoms. The topological polar surface area (TPSA) is 61.8 Å². The number of β-amino-alcohol motifs (C(OH)–C–C–N with tert-alkyl or cyclic N) is 1. The smallest absolute Gasteiger partial charge is 0.224 e. The Labute approximate surface area is 172 Å². The van der Waals surface area contributed by atoms with Gasteiger partial charge in [0.2, 0.25) is 5.91 Å². The summed E-state index contributed by atoms with van der Waals surface area (Å²) >= 11 is 0. The van der Waals surface area contributed by atoms with Crippen LogP contribution in [0.5, 0.6) is 5.75 Å². The number of rotatable bonds is 5. The highest BCUT2D eigenvalue weighted by Crippen LogP contribution is 2.37. The van der Waals surface area contributed by atoms with Crippen LogP contribution in [0.25, 0.3) is 6.08 Å². The third kappa shape index (κ3) is 4.52. The first-order valence-corrected chi connectivity index (χ1v) is 10.3. The van der Waals surface area contributed by atoms with E-state index in [0.29, 0.717) is 13.0 Å². The second-order valence-corrected chi connectivity index (χ2v) is 7.88. The Morgan fingerprint density at radius 3 is 2.62 bits per heavy atom. The summed E-state index contributed by atoms with van der Waals surface area (Å²) < 4.78 is 6.34. The van der Waals surface area contributed by atoms with Crippen LogP contribution in [0.3, 0.4) is 0 Å². The number of nitrogens with one attached hydrogen (secondary N) is 1. The lowest BCUT2D eigenvalue weighted by molar-refractivity contribution is -0.115. The van der Waals surface area contributed by atoms with Crippen molar-refractivity contribution in [2.75, 3.05) is 25.0 Å². The largest absolute Gasteiger partial charge is 0.482 e. The maximum atomic E-state index is 11.5. The Morgan fingerprint density at radius 1 is 1.17 bits per heavy atom. The number of ether oxygens (including phenoxy) is 1. The van der Waals surface area contributed by atoms with Crippen molar-refractivity contribution in [1.29, 1.82) is 0 Å². The van der Waals surface area contributed by atoms with Gasteiger partial charge in [-0.3, -0.25) is 4.79 Å². The normalized spacial score (nSPS) is 18.7. The molecule has 1 saturated heterocycles. The van der Waals surface area contributed by atoms with E-state index < -0.39 is 6.10 Å². The number of likely N-dealkylation sites (tertiary alicyclic amines) is 1. The standard InChI is InChI=1S/C24H28N2O3/c1-2-23(28)25-20-9-7-18(8-10-20)21(27)17-26-15-13-24(14-16-26)12-11-19-5-3-4-6-22(19)29-24/h3-12,21,27H,2,13-17H2,1H3,(H,25,28). The average molecular weight is 392 g/mol. The van der Waals surface area contributed by atoms with Gasteiger partial charge in [0.1, 0.15) is 11.4 Å². The molecule has 1 fully saturated rings. The summed E-state index contributed by atoms with van der Waals surface area (Å²) in [6, 6.07) is 15.6. The maximum Gasteiger partial charge on any atom is 0.224 e. The van der Waals surface area contributed by atoms with Gasteiger partial charge in [-0.2, -0.15) is 0 Å². The van der Waals surface area contributed by atoms with Crippen LogP contribution in [0.15, 0.2) is 54.6 Å². The molecule has 4 rings (SSSR count). The molecule has 2 heterocycles. The van der Waals surface area contributed by atoms with Crippen molar-refractivity contribution >= 4 is 17.7 Å². The highest BCUT2D eigenvalue weighted by atomic mass is 16.5. The van der Waals surface area contributed by atoms with Crippen LogP contribution in [0.1, 0.15) is 43.4 Å². The van der Waals surface area contributed by atoms with Gasteiger partial charge < -0.3 is 20.1 Å². The van der Waals surface area contributed by atoms with E-state index in [9.17, 15) is 9.90 Å². The summed E-state index contributed by atoms with van der Waals surface area (Å²) in [5.41, 5.74) is 2.53. The Morgan fingerprint density at radius 2 is 1.90 bits per heavy atom. The Hall–Kier alpha value is -2.63. The van der Waals surface area contributed by atoms with Gasteiger partial charge in [0.25, 0.3) is 0 Å². The number of aliphatic hydroxyl groups excluding tert-OH is 1. The highest BCUT2D eigenvalue weighted by Gasteiger charge is 2.36. The van der Waals surface area contributed by atoms with E-state index >= 15 is 0 Å². The first kappa shape index (κ1) is 19.7. The fourth-order valence-corrected chi connectivity index (χ4v) is 3.98. The van der Waals surface area contributed by atoms with Gasteiger partial charge in [-0.25, -0.2) is 0 Å². The summed E-state index contributed by atoms with van der Waals surface area (Å²) in [4.78, 5) is 13.8. The minimum absolute atomic E-state index is 0.0119. The third-order valence-electron chi connectivity index (χ3n) is 5.83. The highest BCUT2D eigenvalue weighted by molar-refractivity contribution is 5.90. The zero-order valence-corrected chi connectivity index (χ0v) is 16.8. The van der Waals surface area contributed by atoms with Gasteiger partial charge in [-0.15, -0.1) is 0 Å². The number of benzene rings is 2. The SMILES string of the molecule is CCC(=O)Nc1ccc(C(O)CN2CCC3(C=Cc4ccccc4O3)CC2)cc1. The quantitative estimate of drug-likeness (QED) is 0.807. The van der Waals surface area contributed by atoms with Crippen LogP contribution in [0.2, 0.25) is 0 Å². The summed E-state index contributed by atoms with van der Waals surface area (Å²) in [6.45, 7) is 4.18. The molecule has 2 N–H and O–H groups in total. The van der Waals surface area contributed by atoms with Crippen molar-refractivity contribution < 1.29 is 14.6 Å². The van der Waals surface area contributed by atoms with Crippen molar-refractivity contribution in [3.8, 4) is 5.75 Å². The molecule has 2 aliphatic heterocycles. The molecule has 0 aromatic heterocycles. The molecule has 0 bridgehead atoms. The number of anilines is 1. The zero-order valence-electron chi connectivity index (χ0n) is 16.8. The van der Waals surface area contributed by atoms with Crippen LogP contribution in [-0.2, 0) is 4.79 Å². The first-order chi connectivity index (χ1) is 14.1.